The van der Waals surface area contributed by atoms with Crippen LogP contribution in [0.1, 0.15) is 41.5 Å². The Balaban J connectivity index is 1.99. The van der Waals surface area contributed by atoms with Gasteiger partial charge in [0.1, 0.15) is 11.5 Å². The van der Waals surface area contributed by atoms with Crippen molar-refractivity contribution in [2.45, 2.75) is 24.9 Å². The van der Waals surface area contributed by atoms with Gasteiger partial charge in [-0.25, -0.2) is 0 Å². The van der Waals surface area contributed by atoms with Crippen molar-refractivity contribution in [2.24, 2.45) is 11.8 Å². The molecule has 0 radical (unpaired) electrons. The van der Waals surface area contributed by atoms with Gasteiger partial charge in [-0.05, 0) is 28.7 Å². The fourth-order valence-corrected chi connectivity index (χ4v) is 4.72. The van der Waals surface area contributed by atoms with E-state index in [2.05, 4.69) is 5.32 Å². The highest BCUT2D eigenvalue weighted by molar-refractivity contribution is 5.90. The number of amides is 1. The van der Waals surface area contributed by atoms with Crippen molar-refractivity contribution in [1.82, 2.24) is 5.32 Å². The molecule has 0 saturated heterocycles. The number of benzene rings is 2. The maximum Gasteiger partial charge on any atom is 0.311 e. The number of carbonyl (C=O) groups excluding carboxylic acids is 1. The van der Waals surface area contributed by atoms with Gasteiger partial charge >= 0.3 is 5.97 Å². The molecule has 2 aromatic rings. The van der Waals surface area contributed by atoms with E-state index in [1.807, 2.05) is 31.2 Å². The van der Waals surface area contributed by atoms with Crippen LogP contribution in [0.2, 0.25) is 0 Å². The van der Waals surface area contributed by atoms with Crippen molar-refractivity contribution in [3.8, 4) is 0 Å². The molecule has 3 aliphatic carbocycles. The molecule has 0 aromatic heterocycles. The standard InChI is InChI=1S/C21H21NO4/c1-2-11-22-19(23)17-16-12-7-3-5-9-14(12)21(26,18(17)20(24)25)15-10-6-4-8-13(15)16/h3-10,16-18,26H,2,11H2,1H3,(H,22,23)(H,24,25). The summed E-state index contributed by atoms with van der Waals surface area (Å²) < 4.78 is 0. The Morgan fingerprint density at radius 2 is 1.58 bits per heavy atom. The Labute approximate surface area is 151 Å². The van der Waals surface area contributed by atoms with Crippen molar-refractivity contribution < 1.29 is 19.8 Å². The van der Waals surface area contributed by atoms with Crippen LogP contribution in [0.4, 0.5) is 0 Å². The smallest absolute Gasteiger partial charge is 0.311 e. The third-order valence-electron chi connectivity index (χ3n) is 5.70. The number of carboxylic acids is 1. The minimum absolute atomic E-state index is 0.313. The molecule has 1 amide bonds. The summed E-state index contributed by atoms with van der Waals surface area (Å²) in [5.74, 6) is -3.93. The fraction of sp³-hybridized carbons (Fsp3) is 0.333. The first-order valence-corrected chi connectivity index (χ1v) is 8.93. The van der Waals surface area contributed by atoms with E-state index < -0.39 is 23.4 Å². The van der Waals surface area contributed by atoms with Crippen LogP contribution in [-0.2, 0) is 15.2 Å². The van der Waals surface area contributed by atoms with Gasteiger partial charge in [-0.15, -0.1) is 0 Å². The number of hydrogen-bond acceptors (Lipinski definition) is 3. The normalized spacial score (nSPS) is 28.2. The van der Waals surface area contributed by atoms with Gasteiger partial charge in [-0.3, -0.25) is 9.59 Å². The van der Waals surface area contributed by atoms with E-state index in [0.29, 0.717) is 17.7 Å². The summed E-state index contributed by atoms with van der Waals surface area (Å²) in [5.41, 5.74) is 1.14. The van der Waals surface area contributed by atoms with Crippen LogP contribution < -0.4 is 5.32 Å². The Bertz CT molecular complexity index is 844. The van der Waals surface area contributed by atoms with E-state index in [1.54, 1.807) is 24.3 Å². The molecule has 3 N–H and O–H groups in total. The second-order valence-electron chi connectivity index (χ2n) is 7.05. The number of carbonyl (C=O) groups is 2. The summed E-state index contributed by atoms with van der Waals surface area (Å²) in [5, 5.41) is 24.6. The lowest BCUT2D eigenvalue weighted by molar-refractivity contribution is -0.162. The van der Waals surface area contributed by atoms with E-state index in [9.17, 15) is 19.8 Å². The van der Waals surface area contributed by atoms with E-state index in [0.717, 1.165) is 17.5 Å². The van der Waals surface area contributed by atoms with E-state index in [-0.39, 0.29) is 11.8 Å². The quantitative estimate of drug-likeness (QED) is 0.788. The zero-order valence-corrected chi connectivity index (χ0v) is 14.5. The summed E-state index contributed by atoms with van der Waals surface area (Å²) in [6.45, 7) is 2.43. The summed E-state index contributed by atoms with van der Waals surface area (Å²) in [4.78, 5) is 25.2. The largest absolute Gasteiger partial charge is 0.481 e. The maximum atomic E-state index is 12.9. The second kappa shape index (κ2) is 5.95. The molecule has 26 heavy (non-hydrogen) atoms. The van der Waals surface area contributed by atoms with E-state index in [4.69, 9.17) is 0 Å². The molecule has 0 fully saturated rings. The van der Waals surface area contributed by atoms with Crippen LogP contribution in [0.15, 0.2) is 48.5 Å². The minimum Gasteiger partial charge on any atom is -0.481 e. The molecular weight excluding hydrogens is 330 g/mol. The average molecular weight is 351 g/mol. The molecule has 134 valence electrons. The van der Waals surface area contributed by atoms with E-state index >= 15 is 0 Å². The molecule has 3 aliphatic rings. The zero-order valence-electron chi connectivity index (χ0n) is 14.5. The third-order valence-corrected chi connectivity index (χ3v) is 5.70. The Kier molecular flexibility index (Phi) is 3.84. The highest BCUT2D eigenvalue weighted by Crippen LogP contribution is 2.60. The molecule has 5 heteroatoms. The van der Waals surface area contributed by atoms with Crippen LogP contribution in [0, 0.1) is 11.8 Å². The first-order valence-electron chi connectivity index (χ1n) is 8.93. The predicted molar refractivity (Wildman–Crippen MR) is 95.6 cm³/mol. The minimum atomic E-state index is -1.72. The molecule has 2 atom stereocenters. The lowest BCUT2D eigenvalue weighted by Crippen LogP contribution is -2.58. The van der Waals surface area contributed by atoms with Crippen molar-refractivity contribution in [2.75, 3.05) is 6.54 Å². The zero-order chi connectivity index (χ0) is 18.5. The molecule has 2 unspecified atom stereocenters. The van der Waals surface area contributed by atoms with Crippen molar-refractivity contribution in [3.63, 3.8) is 0 Å². The number of nitrogens with one attached hydrogen (secondary N) is 1. The van der Waals surface area contributed by atoms with Gasteiger partial charge < -0.3 is 15.5 Å². The lowest BCUT2D eigenvalue weighted by Gasteiger charge is -2.53. The third kappa shape index (κ3) is 2.07. The lowest BCUT2D eigenvalue weighted by atomic mass is 9.51. The Hall–Kier alpha value is -2.66. The van der Waals surface area contributed by atoms with Gasteiger partial charge in [-0.2, -0.15) is 0 Å². The molecule has 5 rings (SSSR count). The summed E-state index contributed by atoms with van der Waals surface area (Å²) >= 11 is 0. The first kappa shape index (κ1) is 16.8. The number of aliphatic carboxylic acids is 1. The highest BCUT2D eigenvalue weighted by atomic mass is 16.4. The SMILES string of the molecule is CCCNC(=O)C1C2c3ccccc3C(O)(c3ccccc32)C1C(=O)O. The Morgan fingerprint density at radius 1 is 1.04 bits per heavy atom. The van der Waals surface area contributed by atoms with Gasteiger partial charge in [-0.1, -0.05) is 55.5 Å². The number of rotatable bonds is 4. The molecule has 0 aliphatic heterocycles. The summed E-state index contributed by atoms with van der Waals surface area (Å²) in [6.07, 6.45) is 0.762. The fourth-order valence-electron chi connectivity index (χ4n) is 4.72. The average Bonchev–Trinajstić information content (AvgIpc) is 2.65. The summed E-state index contributed by atoms with van der Waals surface area (Å²) in [6, 6.07) is 14.6. The predicted octanol–water partition coefficient (Wildman–Crippen LogP) is 2.22. The molecule has 0 saturated carbocycles. The van der Waals surface area contributed by atoms with Crippen molar-refractivity contribution in [1.29, 1.82) is 0 Å². The topological polar surface area (TPSA) is 86.6 Å². The maximum absolute atomic E-state index is 12.9. The molecule has 5 nitrogen and oxygen atoms in total. The molecule has 2 aromatic carbocycles. The summed E-state index contributed by atoms with van der Waals surface area (Å²) in [7, 11) is 0. The number of hydrogen-bond donors (Lipinski definition) is 3. The molecular formula is C21H21NO4. The first-order chi connectivity index (χ1) is 12.5. The van der Waals surface area contributed by atoms with Gasteiger partial charge in [0.2, 0.25) is 5.91 Å². The van der Waals surface area contributed by atoms with Gasteiger partial charge in [0, 0.05) is 12.5 Å². The monoisotopic (exact) mass is 351 g/mol. The van der Waals surface area contributed by atoms with Crippen LogP contribution in [-0.4, -0.2) is 28.6 Å². The van der Waals surface area contributed by atoms with Gasteiger partial charge in [0.15, 0.2) is 0 Å². The van der Waals surface area contributed by atoms with Crippen molar-refractivity contribution >= 4 is 11.9 Å². The molecule has 2 bridgehead atoms. The number of fused-ring (bicyclic) bond motifs is 1. The van der Waals surface area contributed by atoms with Crippen LogP contribution >= 0.6 is 0 Å². The Morgan fingerprint density at radius 3 is 2.08 bits per heavy atom. The molecule has 0 heterocycles. The van der Waals surface area contributed by atoms with Gasteiger partial charge in [0.25, 0.3) is 0 Å². The number of carboxylic acid groups (broad SMARTS) is 1. The van der Waals surface area contributed by atoms with E-state index in [1.165, 1.54) is 0 Å². The highest BCUT2D eigenvalue weighted by Gasteiger charge is 2.63. The van der Waals surface area contributed by atoms with Crippen LogP contribution in [0.25, 0.3) is 0 Å². The molecule has 0 spiro atoms. The van der Waals surface area contributed by atoms with Crippen LogP contribution in [0.5, 0.6) is 0 Å². The number of aliphatic hydroxyl groups is 1. The van der Waals surface area contributed by atoms with Gasteiger partial charge in [0.05, 0.1) is 5.92 Å². The van der Waals surface area contributed by atoms with Crippen LogP contribution in [0.3, 0.4) is 0 Å². The second-order valence-corrected chi connectivity index (χ2v) is 7.05. The van der Waals surface area contributed by atoms with Crippen molar-refractivity contribution in [3.05, 3.63) is 70.8 Å².